The molecule has 1 saturated carbocycles. The van der Waals surface area contributed by atoms with Crippen molar-refractivity contribution in [1.29, 1.82) is 0 Å². The van der Waals surface area contributed by atoms with E-state index in [1.165, 1.54) is 24.1 Å². The zero-order valence-corrected chi connectivity index (χ0v) is 15.7. The Morgan fingerprint density at radius 2 is 1.93 bits per heavy atom. The highest BCUT2D eigenvalue weighted by atomic mass is 19.4. The predicted molar refractivity (Wildman–Crippen MR) is 103 cm³/mol. The molecule has 28 heavy (non-hydrogen) atoms. The van der Waals surface area contributed by atoms with Crippen LogP contribution in [-0.4, -0.2) is 23.8 Å². The van der Waals surface area contributed by atoms with Gasteiger partial charge in [-0.3, -0.25) is 4.90 Å². The summed E-state index contributed by atoms with van der Waals surface area (Å²) >= 11 is 0. The molecule has 0 aromatic heterocycles. The van der Waals surface area contributed by atoms with Crippen LogP contribution in [0.4, 0.5) is 18.9 Å². The highest BCUT2D eigenvalue weighted by Crippen LogP contribution is 2.47. The molecule has 2 unspecified atom stereocenters. The highest BCUT2D eigenvalue weighted by molar-refractivity contribution is 5.44. The van der Waals surface area contributed by atoms with Crippen LogP contribution in [0.15, 0.2) is 48.5 Å². The Morgan fingerprint density at radius 1 is 1.11 bits per heavy atom. The number of nitrogen functional groups attached to an aromatic ring is 1. The average molecular weight is 390 g/mol. The van der Waals surface area contributed by atoms with Gasteiger partial charge in [0.2, 0.25) is 0 Å². The molecular formula is C22H25F3N2O. The van der Waals surface area contributed by atoms with Gasteiger partial charge in [0.05, 0.1) is 0 Å². The Kier molecular flexibility index (Phi) is 5.00. The maximum absolute atomic E-state index is 12.5. The van der Waals surface area contributed by atoms with E-state index in [1.54, 1.807) is 6.07 Å². The molecule has 1 heterocycles. The summed E-state index contributed by atoms with van der Waals surface area (Å²) in [6.45, 7) is 1.58. The number of nitrogens with two attached hydrogens (primary N) is 1. The summed E-state index contributed by atoms with van der Waals surface area (Å²) < 4.78 is 41.5. The Bertz CT molecular complexity index is 839. The van der Waals surface area contributed by atoms with E-state index < -0.39 is 6.36 Å². The van der Waals surface area contributed by atoms with Gasteiger partial charge in [0, 0.05) is 18.3 Å². The fraction of sp³-hybridized carbons (Fsp3) is 0.455. The summed E-state index contributed by atoms with van der Waals surface area (Å²) in [5.41, 5.74) is 9.18. The van der Waals surface area contributed by atoms with Gasteiger partial charge in [-0.2, -0.15) is 0 Å². The average Bonchev–Trinajstić information content (AvgIpc) is 2.63. The molecule has 4 rings (SSSR count). The van der Waals surface area contributed by atoms with Crippen molar-refractivity contribution in [1.82, 2.24) is 4.90 Å². The lowest BCUT2D eigenvalue weighted by Gasteiger charge is -2.51. The molecule has 2 N–H and O–H groups in total. The van der Waals surface area contributed by atoms with Crippen LogP contribution < -0.4 is 10.5 Å². The van der Waals surface area contributed by atoms with Crippen LogP contribution in [0.5, 0.6) is 5.75 Å². The van der Waals surface area contributed by atoms with E-state index in [1.807, 2.05) is 18.2 Å². The first kappa shape index (κ1) is 19.1. The van der Waals surface area contributed by atoms with Crippen molar-refractivity contribution < 1.29 is 17.9 Å². The van der Waals surface area contributed by atoms with Crippen molar-refractivity contribution in [2.45, 2.75) is 56.5 Å². The standard InChI is InChI=1S/C22H25F3N2O/c23-22(24,25)28-20-8-1-4-16(12-20)15-27-11-10-21(9-3-7-19(27)14-21)17-5-2-6-18(26)13-17/h1-2,4-6,8,12-13,19H,3,7,9-11,14-15,26H2. The second-order valence-electron chi connectivity index (χ2n) is 8.07. The van der Waals surface area contributed by atoms with Crippen LogP contribution in [0.2, 0.25) is 0 Å². The van der Waals surface area contributed by atoms with Gasteiger partial charge >= 0.3 is 6.36 Å². The Morgan fingerprint density at radius 3 is 2.71 bits per heavy atom. The topological polar surface area (TPSA) is 38.5 Å². The number of ether oxygens (including phenoxy) is 1. The van der Waals surface area contributed by atoms with Crippen LogP contribution in [0.1, 0.15) is 43.2 Å². The van der Waals surface area contributed by atoms with Crippen LogP contribution in [0.3, 0.4) is 0 Å². The zero-order valence-electron chi connectivity index (χ0n) is 15.7. The largest absolute Gasteiger partial charge is 0.573 e. The van der Waals surface area contributed by atoms with Crippen LogP contribution in [0.25, 0.3) is 0 Å². The van der Waals surface area contributed by atoms with Crippen molar-refractivity contribution in [3.63, 3.8) is 0 Å². The number of likely N-dealkylation sites (tertiary alicyclic amines) is 1. The van der Waals surface area contributed by atoms with Gasteiger partial charge in [0.15, 0.2) is 0 Å². The fourth-order valence-corrected chi connectivity index (χ4v) is 4.97. The third kappa shape index (κ3) is 4.12. The van der Waals surface area contributed by atoms with E-state index >= 15 is 0 Å². The number of nitrogens with zero attached hydrogens (tertiary/aromatic N) is 1. The van der Waals surface area contributed by atoms with E-state index in [2.05, 4.69) is 21.8 Å². The van der Waals surface area contributed by atoms with Crippen LogP contribution >= 0.6 is 0 Å². The smallest absolute Gasteiger partial charge is 0.406 e. The molecule has 2 fully saturated rings. The second kappa shape index (κ2) is 7.32. The molecule has 2 atom stereocenters. The van der Waals surface area contributed by atoms with Gasteiger partial charge < -0.3 is 10.5 Å². The number of rotatable bonds is 4. The summed E-state index contributed by atoms with van der Waals surface area (Å²) in [6, 6.07) is 15.0. The van der Waals surface area contributed by atoms with Crippen molar-refractivity contribution >= 4 is 5.69 Å². The molecule has 2 aromatic carbocycles. The van der Waals surface area contributed by atoms with Crippen LogP contribution in [0, 0.1) is 0 Å². The summed E-state index contributed by atoms with van der Waals surface area (Å²) in [5.74, 6) is -0.153. The molecule has 2 bridgehead atoms. The molecule has 1 aliphatic heterocycles. The number of anilines is 1. The fourth-order valence-electron chi connectivity index (χ4n) is 4.97. The quantitative estimate of drug-likeness (QED) is 0.725. The number of benzene rings is 2. The van der Waals surface area contributed by atoms with E-state index in [0.717, 1.165) is 43.5 Å². The summed E-state index contributed by atoms with van der Waals surface area (Å²) in [6.07, 6.45) is 0.927. The van der Waals surface area contributed by atoms with E-state index in [9.17, 15) is 13.2 Å². The maximum Gasteiger partial charge on any atom is 0.573 e. The van der Waals surface area contributed by atoms with Crippen molar-refractivity contribution in [2.24, 2.45) is 0 Å². The predicted octanol–water partition coefficient (Wildman–Crippen LogP) is 5.25. The lowest BCUT2D eigenvalue weighted by atomic mass is 9.63. The van der Waals surface area contributed by atoms with E-state index in [4.69, 9.17) is 5.73 Å². The van der Waals surface area contributed by atoms with Gasteiger partial charge in [0.1, 0.15) is 5.75 Å². The Hall–Kier alpha value is -2.21. The molecule has 2 aliphatic rings. The highest BCUT2D eigenvalue weighted by Gasteiger charge is 2.43. The zero-order chi connectivity index (χ0) is 19.8. The third-order valence-corrected chi connectivity index (χ3v) is 6.23. The van der Waals surface area contributed by atoms with Gasteiger partial charge in [-0.1, -0.05) is 30.7 Å². The van der Waals surface area contributed by atoms with E-state index in [-0.39, 0.29) is 11.2 Å². The molecule has 3 nitrogen and oxygen atoms in total. The molecule has 6 heteroatoms. The Labute approximate surface area is 163 Å². The van der Waals surface area contributed by atoms with Gasteiger partial charge in [-0.15, -0.1) is 13.2 Å². The van der Waals surface area contributed by atoms with Gasteiger partial charge in [0.25, 0.3) is 0 Å². The number of piperidine rings is 1. The number of hydrogen-bond donors (Lipinski definition) is 1. The minimum atomic E-state index is -4.66. The third-order valence-electron chi connectivity index (χ3n) is 6.23. The van der Waals surface area contributed by atoms with Crippen molar-refractivity contribution in [3.8, 4) is 5.75 Å². The second-order valence-corrected chi connectivity index (χ2v) is 8.07. The molecule has 150 valence electrons. The molecule has 0 radical (unpaired) electrons. The molecular weight excluding hydrogens is 365 g/mol. The number of fused-ring (bicyclic) bond motifs is 2. The summed E-state index contributed by atoms with van der Waals surface area (Å²) in [7, 11) is 0. The van der Waals surface area contributed by atoms with Crippen LogP contribution in [-0.2, 0) is 12.0 Å². The molecule has 2 aromatic rings. The minimum absolute atomic E-state index is 0.153. The normalized spacial score (nSPS) is 25.5. The number of alkyl halides is 3. The van der Waals surface area contributed by atoms with Crippen molar-refractivity contribution in [2.75, 3.05) is 12.3 Å². The van der Waals surface area contributed by atoms with E-state index in [0.29, 0.717) is 12.6 Å². The number of hydrogen-bond acceptors (Lipinski definition) is 3. The monoisotopic (exact) mass is 390 g/mol. The van der Waals surface area contributed by atoms with Gasteiger partial charge in [-0.05, 0) is 73.0 Å². The summed E-state index contributed by atoms with van der Waals surface area (Å²) in [5, 5.41) is 0. The summed E-state index contributed by atoms with van der Waals surface area (Å²) in [4.78, 5) is 2.41. The first-order chi connectivity index (χ1) is 13.3. The molecule has 1 aliphatic carbocycles. The minimum Gasteiger partial charge on any atom is -0.406 e. The lowest BCUT2D eigenvalue weighted by molar-refractivity contribution is -0.274. The molecule has 0 spiro atoms. The SMILES string of the molecule is Nc1cccc(C23CCCC(C2)N(Cc2cccc(OC(F)(F)F)c2)CC3)c1. The first-order valence-electron chi connectivity index (χ1n) is 9.78. The van der Waals surface area contributed by atoms with Crippen molar-refractivity contribution in [3.05, 3.63) is 59.7 Å². The lowest BCUT2D eigenvalue weighted by Crippen LogP contribution is -2.51. The first-order valence-corrected chi connectivity index (χ1v) is 9.78. The molecule has 1 saturated heterocycles. The Balaban J connectivity index is 1.48. The molecule has 0 amide bonds. The number of halogens is 3. The van der Waals surface area contributed by atoms with Gasteiger partial charge in [-0.25, -0.2) is 0 Å². The maximum atomic E-state index is 12.5.